The van der Waals surface area contributed by atoms with Gasteiger partial charge in [-0.25, -0.2) is 8.42 Å². The van der Waals surface area contributed by atoms with E-state index in [4.69, 9.17) is 9.47 Å². The standard InChI is InChI=1S/C21H27N3O5S/c1-16(29-20-7-5-4-6-19(20)28-3)21(25)22-17-8-10-18(11-9-17)30(26,27)24-14-12-23(2)13-15-24/h4-11,16H,12-15H2,1-3H3,(H,22,25)/t16-/m0/s1. The lowest BCUT2D eigenvalue weighted by Crippen LogP contribution is -2.46. The summed E-state index contributed by atoms with van der Waals surface area (Å²) in [5.74, 6) is 0.655. The molecule has 0 aliphatic carbocycles. The third-order valence-electron chi connectivity index (χ3n) is 4.96. The molecule has 1 amide bonds. The lowest BCUT2D eigenvalue weighted by molar-refractivity contribution is -0.122. The van der Waals surface area contributed by atoms with Crippen molar-refractivity contribution in [3.05, 3.63) is 48.5 Å². The van der Waals surface area contributed by atoms with Crippen molar-refractivity contribution in [3.63, 3.8) is 0 Å². The predicted octanol–water partition coefficient (Wildman–Crippen LogP) is 2.04. The third kappa shape index (κ3) is 5.10. The zero-order valence-corrected chi connectivity index (χ0v) is 18.2. The van der Waals surface area contributed by atoms with Crippen molar-refractivity contribution in [2.75, 3.05) is 45.7 Å². The van der Waals surface area contributed by atoms with Crippen LogP contribution in [-0.2, 0) is 14.8 Å². The van der Waals surface area contributed by atoms with Gasteiger partial charge in [0.05, 0.1) is 12.0 Å². The number of para-hydroxylation sites is 2. The van der Waals surface area contributed by atoms with E-state index >= 15 is 0 Å². The molecule has 1 N–H and O–H groups in total. The van der Waals surface area contributed by atoms with E-state index in [1.165, 1.54) is 23.5 Å². The minimum atomic E-state index is -3.54. The van der Waals surface area contributed by atoms with Gasteiger partial charge in [0, 0.05) is 31.9 Å². The van der Waals surface area contributed by atoms with E-state index in [2.05, 4.69) is 10.2 Å². The largest absolute Gasteiger partial charge is 0.493 e. The van der Waals surface area contributed by atoms with Crippen molar-refractivity contribution in [2.24, 2.45) is 0 Å². The molecule has 3 rings (SSSR count). The van der Waals surface area contributed by atoms with Crippen LogP contribution in [0, 0.1) is 0 Å². The summed E-state index contributed by atoms with van der Waals surface area (Å²) in [6.07, 6.45) is -0.768. The number of methoxy groups -OCH3 is 1. The molecule has 8 nitrogen and oxygen atoms in total. The van der Waals surface area contributed by atoms with Gasteiger partial charge in [0.15, 0.2) is 17.6 Å². The van der Waals surface area contributed by atoms with Gasteiger partial charge < -0.3 is 19.7 Å². The van der Waals surface area contributed by atoms with Crippen LogP contribution in [0.5, 0.6) is 11.5 Å². The Bertz CT molecular complexity index is 970. The summed E-state index contributed by atoms with van der Waals surface area (Å²) in [6.45, 7) is 3.98. The second-order valence-corrected chi connectivity index (χ2v) is 9.07. The molecule has 1 saturated heterocycles. The van der Waals surface area contributed by atoms with Crippen LogP contribution in [0.1, 0.15) is 6.92 Å². The van der Waals surface area contributed by atoms with Crippen LogP contribution in [0.15, 0.2) is 53.4 Å². The molecular weight excluding hydrogens is 406 g/mol. The highest BCUT2D eigenvalue weighted by Crippen LogP contribution is 2.27. The molecule has 162 valence electrons. The molecule has 9 heteroatoms. The van der Waals surface area contributed by atoms with Crippen LogP contribution in [-0.4, -0.2) is 70.0 Å². The second-order valence-electron chi connectivity index (χ2n) is 7.13. The number of rotatable bonds is 7. The van der Waals surface area contributed by atoms with Gasteiger partial charge in [-0.2, -0.15) is 4.31 Å². The van der Waals surface area contributed by atoms with Crippen molar-refractivity contribution < 1.29 is 22.7 Å². The highest BCUT2D eigenvalue weighted by Gasteiger charge is 2.27. The first-order valence-electron chi connectivity index (χ1n) is 9.70. The number of piperazine rings is 1. The number of benzene rings is 2. The Balaban J connectivity index is 1.63. The van der Waals surface area contributed by atoms with E-state index in [1.54, 1.807) is 37.3 Å². The first-order chi connectivity index (χ1) is 14.3. The lowest BCUT2D eigenvalue weighted by Gasteiger charge is -2.31. The molecule has 30 heavy (non-hydrogen) atoms. The van der Waals surface area contributed by atoms with Crippen molar-refractivity contribution >= 4 is 21.6 Å². The Morgan fingerprint density at radius 1 is 1.00 bits per heavy atom. The maximum Gasteiger partial charge on any atom is 0.265 e. The number of anilines is 1. The average molecular weight is 434 g/mol. The molecule has 1 fully saturated rings. The van der Waals surface area contributed by atoms with Crippen molar-refractivity contribution in [1.82, 2.24) is 9.21 Å². The Morgan fingerprint density at radius 3 is 2.20 bits per heavy atom. The van der Waals surface area contributed by atoms with Gasteiger partial charge in [0.1, 0.15) is 0 Å². The molecule has 2 aromatic rings. The number of carbonyl (C=O) groups excluding carboxylic acids is 1. The number of amides is 1. The SMILES string of the molecule is COc1ccccc1O[C@@H](C)C(=O)Nc1ccc(S(=O)(=O)N2CCN(C)CC2)cc1. The normalized spacial score (nSPS) is 16.6. The highest BCUT2D eigenvalue weighted by atomic mass is 32.2. The Hall–Kier alpha value is -2.62. The van der Waals surface area contributed by atoms with E-state index in [1.807, 2.05) is 13.1 Å². The van der Waals surface area contributed by atoms with E-state index in [9.17, 15) is 13.2 Å². The average Bonchev–Trinajstić information content (AvgIpc) is 2.74. The number of nitrogens with one attached hydrogen (secondary N) is 1. The Morgan fingerprint density at radius 2 is 1.60 bits per heavy atom. The van der Waals surface area contributed by atoms with E-state index in [0.717, 1.165) is 0 Å². The van der Waals surface area contributed by atoms with E-state index in [-0.39, 0.29) is 10.8 Å². The lowest BCUT2D eigenvalue weighted by atomic mass is 10.3. The maximum absolute atomic E-state index is 12.8. The van der Waals surface area contributed by atoms with Gasteiger partial charge in [-0.3, -0.25) is 4.79 Å². The summed E-state index contributed by atoms with van der Waals surface area (Å²) in [5, 5.41) is 2.74. The fraction of sp³-hybridized carbons (Fsp3) is 0.381. The topological polar surface area (TPSA) is 88.2 Å². The second kappa shape index (κ2) is 9.46. The fourth-order valence-electron chi connectivity index (χ4n) is 3.09. The van der Waals surface area contributed by atoms with Crippen molar-refractivity contribution in [1.29, 1.82) is 0 Å². The number of likely N-dealkylation sites (N-methyl/N-ethyl adjacent to an activating group) is 1. The zero-order chi connectivity index (χ0) is 21.7. The fourth-order valence-corrected chi connectivity index (χ4v) is 4.51. The molecule has 1 heterocycles. The molecule has 0 unspecified atom stereocenters. The van der Waals surface area contributed by atoms with Crippen LogP contribution < -0.4 is 14.8 Å². The highest BCUT2D eigenvalue weighted by molar-refractivity contribution is 7.89. The van der Waals surface area contributed by atoms with Gasteiger partial charge >= 0.3 is 0 Å². The van der Waals surface area contributed by atoms with Crippen LogP contribution in [0.2, 0.25) is 0 Å². The zero-order valence-electron chi connectivity index (χ0n) is 17.4. The van der Waals surface area contributed by atoms with Crippen LogP contribution in [0.4, 0.5) is 5.69 Å². The summed E-state index contributed by atoms with van der Waals surface area (Å²) in [7, 11) is -0.0354. The van der Waals surface area contributed by atoms with Gasteiger partial charge in [-0.1, -0.05) is 12.1 Å². The van der Waals surface area contributed by atoms with Crippen molar-refractivity contribution in [2.45, 2.75) is 17.9 Å². The maximum atomic E-state index is 12.8. The number of hydrogen-bond donors (Lipinski definition) is 1. The monoisotopic (exact) mass is 433 g/mol. The number of hydrogen-bond acceptors (Lipinski definition) is 6. The molecule has 2 aromatic carbocycles. The summed E-state index contributed by atoms with van der Waals surface area (Å²) >= 11 is 0. The molecule has 0 spiro atoms. The van der Waals surface area contributed by atoms with Gasteiger partial charge in [0.25, 0.3) is 5.91 Å². The van der Waals surface area contributed by atoms with Crippen LogP contribution in [0.3, 0.4) is 0 Å². The number of sulfonamides is 1. The minimum Gasteiger partial charge on any atom is -0.493 e. The molecule has 0 radical (unpaired) electrons. The number of nitrogens with zero attached hydrogens (tertiary/aromatic N) is 2. The molecule has 1 aliphatic heterocycles. The summed E-state index contributed by atoms with van der Waals surface area (Å²) in [4.78, 5) is 14.8. The third-order valence-corrected chi connectivity index (χ3v) is 6.88. The molecule has 1 atom stereocenters. The van der Waals surface area contributed by atoms with E-state index < -0.39 is 16.1 Å². The number of carbonyl (C=O) groups is 1. The smallest absolute Gasteiger partial charge is 0.265 e. The van der Waals surface area contributed by atoms with Gasteiger partial charge in [-0.05, 0) is 50.4 Å². The Kier molecular flexibility index (Phi) is 6.96. The summed E-state index contributed by atoms with van der Waals surface area (Å²) in [6, 6.07) is 13.3. The van der Waals surface area contributed by atoms with E-state index in [0.29, 0.717) is 43.4 Å². The minimum absolute atomic E-state index is 0.211. The van der Waals surface area contributed by atoms with Gasteiger partial charge in [0.2, 0.25) is 10.0 Å². The van der Waals surface area contributed by atoms with Crippen LogP contribution in [0.25, 0.3) is 0 Å². The summed E-state index contributed by atoms with van der Waals surface area (Å²) in [5.41, 5.74) is 0.493. The Labute approximate surface area is 177 Å². The summed E-state index contributed by atoms with van der Waals surface area (Å²) < 4.78 is 38.0. The van der Waals surface area contributed by atoms with Crippen molar-refractivity contribution in [3.8, 4) is 11.5 Å². The first-order valence-corrected chi connectivity index (χ1v) is 11.1. The quantitative estimate of drug-likeness (QED) is 0.719. The molecule has 0 aromatic heterocycles. The molecule has 0 bridgehead atoms. The molecule has 1 aliphatic rings. The van der Waals surface area contributed by atoms with Crippen LogP contribution >= 0.6 is 0 Å². The predicted molar refractivity (Wildman–Crippen MR) is 114 cm³/mol. The molecule has 0 saturated carbocycles. The molecular formula is C21H27N3O5S. The number of ether oxygens (including phenoxy) is 2. The first kappa shape index (κ1) is 22.1. The van der Waals surface area contributed by atoms with Gasteiger partial charge in [-0.15, -0.1) is 0 Å².